The van der Waals surface area contributed by atoms with Gasteiger partial charge in [0.25, 0.3) is 0 Å². The zero-order valence-corrected chi connectivity index (χ0v) is 10.7. The van der Waals surface area contributed by atoms with E-state index in [2.05, 4.69) is 20.9 Å². The number of aromatic nitrogens is 1. The van der Waals surface area contributed by atoms with Crippen LogP contribution in [-0.2, 0) is 4.79 Å². The molecule has 0 radical (unpaired) electrons. The van der Waals surface area contributed by atoms with Gasteiger partial charge in [-0.3, -0.25) is 4.79 Å². The predicted molar refractivity (Wildman–Crippen MR) is 66.2 cm³/mol. The number of carbonyl (C=O) groups is 1. The van der Waals surface area contributed by atoms with Gasteiger partial charge in [-0.2, -0.15) is 0 Å². The van der Waals surface area contributed by atoms with E-state index < -0.39 is 0 Å². The van der Waals surface area contributed by atoms with E-state index >= 15 is 0 Å². The number of rotatable bonds is 2. The van der Waals surface area contributed by atoms with Crippen LogP contribution >= 0.6 is 15.9 Å². The lowest BCUT2D eigenvalue weighted by molar-refractivity contribution is -0.117. The number of hydrogen-bond acceptors (Lipinski definition) is 3. The van der Waals surface area contributed by atoms with E-state index in [1.807, 2.05) is 13.0 Å². The Morgan fingerprint density at radius 1 is 1.69 bits per heavy atom. The van der Waals surface area contributed by atoms with Crippen LogP contribution in [0.5, 0.6) is 0 Å². The molecule has 1 aliphatic heterocycles. The Hall–Kier alpha value is -0.940. The number of aryl methyl sites for hydroxylation is 1. The summed E-state index contributed by atoms with van der Waals surface area (Å²) in [5.74, 6) is 0.392. The summed E-state index contributed by atoms with van der Waals surface area (Å²) < 4.78 is 0.712. The van der Waals surface area contributed by atoms with Crippen LogP contribution in [0.3, 0.4) is 0 Å². The molecule has 1 aromatic rings. The summed E-state index contributed by atoms with van der Waals surface area (Å²) in [6.07, 6.45) is 2.31. The maximum Gasteiger partial charge on any atom is 0.227 e. The van der Waals surface area contributed by atoms with Crippen molar-refractivity contribution in [1.29, 1.82) is 0 Å². The molecule has 1 aliphatic rings. The standard InChI is InChI=1S/C11H14BrN3O/c1-7-2-9(11(12)14-5-7)15-6-8(4-13)3-10(15)16/h2,5,8H,3-4,6,13H2,1H3. The zero-order chi connectivity index (χ0) is 11.7. The van der Waals surface area contributed by atoms with Crippen molar-refractivity contribution in [2.75, 3.05) is 18.0 Å². The van der Waals surface area contributed by atoms with Gasteiger partial charge in [0.05, 0.1) is 5.69 Å². The summed E-state index contributed by atoms with van der Waals surface area (Å²) in [5, 5.41) is 0. The molecular formula is C11H14BrN3O. The topological polar surface area (TPSA) is 59.2 Å². The largest absolute Gasteiger partial charge is 0.330 e. The number of carbonyl (C=O) groups excluding carboxylic acids is 1. The Morgan fingerprint density at radius 3 is 3.06 bits per heavy atom. The second-order valence-corrected chi connectivity index (χ2v) is 4.88. The third kappa shape index (κ3) is 2.10. The molecule has 1 fully saturated rings. The summed E-state index contributed by atoms with van der Waals surface area (Å²) in [6.45, 7) is 3.21. The van der Waals surface area contributed by atoms with Gasteiger partial charge in [0.2, 0.25) is 5.91 Å². The molecule has 0 spiro atoms. The maximum atomic E-state index is 11.8. The fraction of sp³-hybridized carbons (Fsp3) is 0.455. The van der Waals surface area contributed by atoms with Crippen LogP contribution in [-0.4, -0.2) is 24.0 Å². The quantitative estimate of drug-likeness (QED) is 0.836. The highest BCUT2D eigenvalue weighted by Crippen LogP contribution is 2.30. The molecule has 1 aromatic heterocycles. The highest BCUT2D eigenvalue weighted by molar-refractivity contribution is 9.10. The van der Waals surface area contributed by atoms with Gasteiger partial charge in [-0.15, -0.1) is 0 Å². The molecule has 1 amide bonds. The minimum Gasteiger partial charge on any atom is -0.330 e. The monoisotopic (exact) mass is 283 g/mol. The van der Waals surface area contributed by atoms with E-state index in [1.165, 1.54) is 0 Å². The number of anilines is 1. The van der Waals surface area contributed by atoms with E-state index in [9.17, 15) is 4.79 Å². The highest BCUT2D eigenvalue weighted by Gasteiger charge is 2.30. The predicted octanol–water partition coefficient (Wildman–Crippen LogP) is 1.46. The fourth-order valence-corrected chi connectivity index (χ4v) is 2.33. The second kappa shape index (κ2) is 4.51. The van der Waals surface area contributed by atoms with Crippen molar-refractivity contribution in [2.24, 2.45) is 11.7 Å². The first-order chi connectivity index (χ1) is 7.61. The summed E-state index contributed by atoms with van der Waals surface area (Å²) in [7, 11) is 0. The van der Waals surface area contributed by atoms with E-state index in [0.717, 1.165) is 11.3 Å². The molecule has 2 N–H and O–H groups in total. The first-order valence-electron chi connectivity index (χ1n) is 5.24. The van der Waals surface area contributed by atoms with Gasteiger partial charge in [0.1, 0.15) is 4.60 Å². The minimum absolute atomic E-state index is 0.128. The van der Waals surface area contributed by atoms with Gasteiger partial charge < -0.3 is 10.6 Å². The number of nitrogens with two attached hydrogens (primary N) is 1. The van der Waals surface area contributed by atoms with Crippen molar-refractivity contribution >= 4 is 27.5 Å². The van der Waals surface area contributed by atoms with Crippen molar-refractivity contribution < 1.29 is 4.79 Å². The molecule has 4 nitrogen and oxygen atoms in total. The van der Waals surface area contributed by atoms with Crippen LogP contribution < -0.4 is 10.6 Å². The summed E-state index contributed by atoms with van der Waals surface area (Å²) in [4.78, 5) is 17.8. The van der Waals surface area contributed by atoms with Crippen molar-refractivity contribution in [3.05, 3.63) is 22.4 Å². The van der Waals surface area contributed by atoms with Crippen molar-refractivity contribution in [1.82, 2.24) is 4.98 Å². The lowest BCUT2D eigenvalue weighted by Gasteiger charge is -2.18. The maximum absolute atomic E-state index is 11.8. The molecule has 0 aromatic carbocycles. The average Bonchev–Trinajstić information content (AvgIpc) is 2.63. The minimum atomic E-state index is 0.128. The number of nitrogens with zero attached hydrogens (tertiary/aromatic N) is 2. The molecule has 1 saturated heterocycles. The molecule has 1 unspecified atom stereocenters. The first kappa shape index (κ1) is 11.5. The smallest absolute Gasteiger partial charge is 0.227 e. The van der Waals surface area contributed by atoms with Crippen molar-refractivity contribution in [3.8, 4) is 0 Å². The third-order valence-electron chi connectivity index (χ3n) is 2.79. The first-order valence-corrected chi connectivity index (χ1v) is 6.03. The Labute approximate surface area is 103 Å². The molecule has 0 saturated carbocycles. The molecular weight excluding hydrogens is 270 g/mol. The normalized spacial score (nSPS) is 20.6. The number of pyridine rings is 1. The van der Waals surface area contributed by atoms with Gasteiger partial charge >= 0.3 is 0 Å². The summed E-state index contributed by atoms with van der Waals surface area (Å²) in [6, 6.07) is 1.97. The number of hydrogen-bond donors (Lipinski definition) is 1. The summed E-state index contributed by atoms with van der Waals surface area (Å²) in [5.41, 5.74) is 7.49. The van der Waals surface area contributed by atoms with Gasteiger partial charge in [0, 0.05) is 19.2 Å². The third-order valence-corrected chi connectivity index (χ3v) is 3.40. The number of amides is 1. The molecule has 1 atom stereocenters. The lowest BCUT2D eigenvalue weighted by atomic mass is 10.1. The fourth-order valence-electron chi connectivity index (χ4n) is 1.90. The van der Waals surface area contributed by atoms with E-state index in [1.54, 1.807) is 11.1 Å². The van der Waals surface area contributed by atoms with Crippen LogP contribution in [0, 0.1) is 12.8 Å². The van der Waals surface area contributed by atoms with Crippen LogP contribution in [0.15, 0.2) is 16.9 Å². The average molecular weight is 284 g/mol. The van der Waals surface area contributed by atoms with E-state index in [0.29, 0.717) is 24.1 Å². The van der Waals surface area contributed by atoms with Crippen LogP contribution in [0.4, 0.5) is 5.69 Å². The Morgan fingerprint density at radius 2 is 2.44 bits per heavy atom. The highest BCUT2D eigenvalue weighted by atomic mass is 79.9. The second-order valence-electron chi connectivity index (χ2n) is 4.13. The molecule has 0 bridgehead atoms. The van der Waals surface area contributed by atoms with Crippen molar-refractivity contribution in [3.63, 3.8) is 0 Å². The Balaban J connectivity index is 2.30. The van der Waals surface area contributed by atoms with Crippen LogP contribution in [0.25, 0.3) is 0 Å². The molecule has 0 aliphatic carbocycles. The Bertz CT molecular complexity index is 422. The van der Waals surface area contributed by atoms with Gasteiger partial charge in [-0.05, 0) is 46.9 Å². The van der Waals surface area contributed by atoms with Crippen LogP contribution in [0.1, 0.15) is 12.0 Å². The Kier molecular flexibility index (Phi) is 3.25. The molecule has 86 valence electrons. The van der Waals surface area contributed by atoms with E-state index in [4.69, 9.17) is 5.73 Å². The SMILES string of the molecule is Cc1cnc(Br)c(N2CC(CN)CC2=O)c1. The lowest BCUT2D eigenvalue weighted by Crippen LogP contribution is -2.26. The number of halogens is 1. The molecule has 2 rings (SSSR count). The molecule has 16 heavy (non-hydrogen) atoms. The van der Waals surface area contributed by atoms with E-state index in [-0.39, 0.29) is 11.8 Å². The van der Waals surface area contributed by atoms with Crippen molar-refractivity contribution in [2.45, 2.75) is 13.3 Å². The summed E-state index contributed by atoms with van der Waals surface area (Å²) >= 11 is 3.37. The van der Waals surface area contributed by atoms with Gasteiger partial charge in [-0.25, -0.2) is 4.98 Å². The molecule has 5 heteroatoms. The molecule has 2 heterocycles. The van der Waals surface area contributed by atoms with Crippen LogP contribution in [0.2, 0.25) is 0 Å². The van der Waals surface area contributed by atoms with Gasteiger partial charge in [-0.1, -0.05) is 0 Å². The van der Waals surface area contributed by atoms with Gasteiger partial charge in [0.15, 0.2) is 0 Å². The zero-order valence-electron chi connectivity index (χ0n) is 9.11.